The minimum atomic E-state index is -0.390. The fourth-order valence-corrected chi connectivity index (χ4v) is 1.74. The maximum Gasteiger partial charge on any atom is 0.239 e. The van der Waals surface area contributed by atoms with E-state index in [-0.39, 0.29) is 5.91 Å². The second kappa shape index (κ2) is 10.3. The molecule has 0 fully saturated rings. The van der Waals surface area contributed by atoms with Crippen molar-refractivity contribution in [3.8, 4) is 0 Å². The molecule has 0 bridgehead atoms. The van der Waals surface area contributed by atoms with E-state index in [4.69, 9.17) is 10.5 Å². The second-order valence-electron chi connectivity index (χ2n) is 4.36. The molecule has 0 heterocycles. The van der Waals surface area contributed by atoms with Crippen molar-refractivity contribution in [2.75, 3.05) is 46.4 Å². The van der Waals surface area contributed by atoms with Gasteiger partial charge < -0.3 is 20.3 Å². The Morgan fingerprint density at radius 2 is 1.78 bits per heavy atom. The molecule has 0 aliphatic rings. The summed E-state index contributed by atoms with van der Waals surface area (Å²) >= 11 is 0. The van der Waals surface area contributed by atoms with Gasteiger partial charge in [-0.15, -0.1) is 0 Å². The van der Waals surface area contributed by atoms with Gasteiger partial charge in [-0.3, -0.25) is 4.79 Å². The predicted octanol–water partition coefficient (Wildman–Crippen LogP) is 0.541. The van der Waals surface area contributed by atoms with Gasteiger partial charge in [0.05, 0.1) is 12.6 Å². The average molecular weight is 259 g/mol. The molecule has 0 aromatic carbocycles. The fourth-order valence-electron chi connectivity index (χ4n) is 1.74. The van der Waals surface area contributed by atoms with Crippen molar-refractivity contribution in [2.24, 2.45) is 5.73 Å². The van der Waals surface area contributed by atoms with E-state index in [0.29, 0.717) is 19.6 Å². The highest BCUT2D eigenvalue weighted by molar-refractivity contribution is 5.81. The van der Waals surface area contributed by atoms with Gasteiger partial charge in [0, 0.05) is 26.7 Å². The van der Waals surface area contributed by atoms with Gasteiger partial charge in [-0.1, -0.05) is 20.8 Å². The Morgan fingerprint density at radius 1 is 1.17 bits per heavy atom. The predicted molar refractivity (Wildman–Crippen MR) is 74.5 cm³/mol. The molecule has 0 radical (unpaired) electrons. The maximum absolute atomic E-state index is 12.1. The molecule has 0 aliphatic heterocycles. The van der Waals surface area contributed by atoms with Crippen molar-refractivity contribution in [1.29, 1.82) is 0 Å². The minimum Gasteiger partial charge on any atom is -0.383 e. The number of nitrogens with two attached hydrogens (primary N) is 1. The Kier molecular flexibility index (Phi) is 9.92. The number of nitrogens with zero attached hydrogens (tertiary/aromatic N) is 2. The zero-order valence-corrected chi connectivity index (χ0v) is 12.3. The van der Waals surface area contributed by atoms with E-state index in [9.17, 15) is 4.79 Å². The largest absolute Gasteiger partial charge is 0.383 e. The zero-order chi connectivity index (χ0) is 14.0. The van der Waals surface area contributed by atoms with Crippen molar-refractivity contribution < 1.29 is 9.53 Å². The first kappa shape index (κ1) is 17.4. The zero-order valence-electron chi connectivity index (χ0n) is 12.3. The van der Waals surface area contributed by atoms with Gasteiger partial charge in [-0.05, 0) is 19.5 Å². The summed E-state index contributed by atoms with van der Waals surface area (Å²) in [6, 6.07) is -0.390. The van der Waals surface area contributed by atoms with Crippen molar-refractivity contribution in [3.63, 3.8) is 0 Å². The molecule has 0 unspecified atom stereocenters. The van der Waals surface area contributed by atoms with Crippen LogP contribution in [0.3, 0.4) is 0 Å². The first-order valence-electron chi connectivity index (χ1n) is 6.86. The smallest absolute Gasteiger partial charge is 0.239 e. The van der Waals surface area contributed by atoms with Crippen LogP contribution in [0.15, 0.2) is 0 Å². The minimum absolute atomic E-state index is 0.0294. The Morgan fingerprint density at radius 3 is 2.22 bits per heavy atom. The van der Waals surface area contributed by atoms with E-state index in [1.807, 2.05) is 11.8 Å². The van der Waals surface area contributed by atoms with Crippen molar-refractivity contribution in [3.05, 3.63) is 0 Å². The van der Waals surface area contributed by atoms with Crippen LogP contribution in [0.25, 0.3) is 0 Å². The van der Waals surface area contributed by atoms with Crippen LogP contribution in [0.1, 0.15) is 27.2 Å². The molecule has 5 heteroatoms. The summed E-state index contributed by atoms with van der Waals surface area (Å²) in [6.07, 6.45) is 0.674. The monoisotopic (exact) mass is 259 g/mol. The third-order valence-electron chi connectivity index (χ3n) is 3.21. The number of methoxy groups -OCH3 is 1. The Bertz CT molecular complexity index is 220. The summed E-state index contributed by atoms with van der Waals surface area (Å²) < 4.78 is 5.05. The molecule has 0 aromatic rings. The molecule has 0 saturated carbocycles. The highest BCUT2D eigenvalue weighted by Gasteiger charge is 2.19. The molecular formula is C13H29N3O2. The number of carbonyl (C=O) groups excluding carboxylic acids is 1. The lowest BCUT2D eigenvalue weighted by molar-refractivity contribution is -0.133. The van der Waals surface area contributed by atoms with Crippen LogP contribution in [0.4, 0.5) is 0 Å². The quantitative estimate of drug-likeness (QED) is 0.622. The van der Waals surface area contributed by atoms with Gasteiger partial charge >= 0.3 is 0 Å². The molecule has 0 rings (SSSR count). The van der Waals surface area contributed by atoms with E-state index < -0.39 is 6.04 Å². The number of amides is 1. The topological polar surface area (TPSA) is 58.8 Å². The SMILES string of the molecule is CC[C@H](N)C(=O)N(CCOC)CCN(CC)CC. The van der Waals surface area contributed by atoms with E-state index in [0.717, 1.165) is 26.2 Å². The standard InChI is InChI=1S/C13H29N3O2/c1-5-12(14)13(17)16(10-11-18-4)9-8-15(6-2)7-3/h12H,5-11,14H2,1-4H3/t12-/m0/s1. The highest BCUT2D eigenvalue weighted by atomic mass is 16.5. The lowest BCUT2D eigenvalue weighted by Crippen LogP contribution is -2.47. The van der Waals surface area contributed by atoms with E-state index >= 15 is 0 Å². The van der Waals surface area contributed by atoms with Crippen molar-refractivity contribution in [1.82, 2.24) is 9.80 Å². The third-order valence-corrected chi connectivity index (χ3v) is 3.21. The fraction of sp³-hybridized carbons (Fsp3) is 0.923. The first-order valence-corrected chi connectivity index (χ1v) is 6.86. The molecule has 0 spiro atoms. The molecule has 108 valence electrons. The molecule has 1 amide bonds. The molecule has 5 nitrogen and oxygen atoms in total. The van der Waals surface area contributed by atoms with Gasteiger partial charge in [0.15, 0.2) is 0 Å². The van der Waals surface area contributed by atoms with Crippen LogP contribution in [0.5, 0.6) is 0 Å². The summed E-state index contributed by atoms with van der Waals surface area (Å²) in [7, 11) is 1.65. The number of hydrogen-bond donors (Lipinski definition) is 1. The van der Waals surface area contributed by atoms with Crippen molar-refractivity contribution in [2.45, 2.75) is 33.2 Å². The van der Waals surface area contributed by atoms with E-state index in [2.05, 4.69) is 18.7 Å². The number of ether oxygens (including phenoxy) is 1. The maximum atomic E-state index is 12.1. The number of carbonyl (C=O) groups is 1. The lowest BCUT2D eigenvalue weighted by atomic mass is 10.2. The Balaban J connectivity index is 4.34. The molecule has 18 heavy (non-hydrogen) atoms. The van der Waals surface area contributed by atoms with Gasteiger partial charge in [0.25, 0.3) is 0 Å². The summed E-state index contributed by atoms with van der Waals surface area (Å²) in [5, 5.41) is 0. The van der Waals surface area contributed by atoms with Gasteiger partial charge in [-0.2, -0.15) is 0 Å². The Labute approximate surface area is 111 Å². The number of rotatable bonds is 10. The van der Waals surface area contributed by atoms with Crippen molar-refractivity contribution >= 4 is 5.91 Å². The molecule has 2 N–H and O–H groups in total. The van der Waals surface area contributed by atoms with Gasteiger partial charge in [0.2, 0.25) is 5.91 Å². The van der Waals surface area contributed by atoms with Crippen LogP contribution >= 0.6 is 0 Å². The molecule has 0 aromatic heterocycles. The van der Waals surface area contributed by atoms with E-state index in [1.165, 1.54) is 0 Å². The van der Waals surface area contributed by atoms with Crippen LogP contribution < -0.4 is 5.73 Å². The van der Waals surface area contributed by atoms with E-state index in [1.54, 1.807) is 7.11 Å². The van der Waals surface area contributed by atoms with Gasteiger partial charge in [0.1, 0.15) is 0 Å². The third kappa shape index (κ3) is 6.33. The molecular weight excluding hydrogens is 230 g/mol. The van der Waals surface area contributed by atoms with Gasteiger partial charge in [-0.25, -0.2) is 0 Å². The Hall–Kier alpha value is -0.650. The summed E-state index contributed by atoms with van der Waals surface area (Å²) in [6.45, 7) is 11.0. The van der Waals surface area contributed by atoms with Crippen LogP contribution in [0.2, 0.25) is 0 Å². The first-order chi connectivity index (χ1) is 8.60. The second-order valence-corrected chi connectivity index (χ2v) is 4.36. The molecule has 0 saturated heterocycles. The van der Waals surface area contributed by atoms with Crippen LogP contribution in [-0.4, -0.2) is 68.2 Å². The van der Waals surface area contributed by atoms with Crippen LogP contribution in [0, 0.1) is 0 Å². The molecule has 1 atom stereocenters. The van der Waals surface area contributed by atoms with Crippen LogP contribution in [-0.2, 0) is 9.53 Å². The molecule has 0 aliphatic carbocycles. The summed E-state index contributed by atoms with van der Waals surface area (Å²) in [5.41, 5.74) is 5.81. The lowest BCUT2D eigenvalue weighted by Gasteiger charge is -2.28. The highest BCUT2D eigenvalue weighted by Crippen LogP contribution is 1.99. The number of hydrogen-bond acceptors (Lipinski definition) is 4. The normalized spacial score (nSPS) is 12.8. The number of likely N-dealkylation sites (N-methyl/N-ethyl adjacent to an activating group) is 1. The average Bonchev–Trinajstić information content (AvgIpc) is 2.41. The summed E-state index contributed by atoms with van der Waals surface area (Å²) in [4.78, 5) is 16.2. The summed E-state index contributed by atoms with van der Waals surface area (Å²) in [5.74, 6) is 0.0294.